The Balaban J connectivity index is 1.54. The van der Waals surface area contributed by atoms with E-state index in [1.807, 2.05) is 0 Å². The lowest BCUT2D eigenvalue weighted by molar-refractivity contribution is -0.122. The van der Waals surface area contributed by atoms with Gasteiger partial charge in [0.1, 0.15) is 12.3 Å². The predicted molar refractivity (Wildman–Crippen MR) is 83.0 cm³/mol. The summed E-state index contributed by atoms with van der Waals surface area (Å²) in [5.74, 6) is 1.33. The van der Waals surface area contributed by atoms with E-state index >= 15 is 0 Å². The largest absolute Gasteiger partial charge is 0.467 e. The topological polar surface area (TPSA) is 95.2 Å². The molecule has 0 saturated heterocycles. The zero-order valence-corrected chi connectivity index (χ0v) is 12.8. The summed E-state index contributed by atoms with van der Waals surface area (Å²) >= 11 is 0. The first-order valence-electron chi connectivity index (χ1n) is 7.74. The first-order valence-corrected chi connectivity index (χ1v) is 7.74. The van der Waals surface area contributed by atoms with Gasteiger partial charge < -0.3 is 14.2 Å². The minimum absolute atomic E-state index is 0.137. The van der Waals surface area contributed by atoms with Gasteiger partial charge in [0.05, 0.1) is 19.1 Å². The molecule has 8 nitrogen and oxygen atoms in total. The van der Waals surface area contributed by atoms with Crippen LogP contribution in [0.5, 0.6) is 0 Å². The fraction of sp³-hybridized carbons (Fsp3) is 0.312. The highest BCUT2D eigenvalue weighted by atomic mass is 16.3. The maximum atomic E-state index is 12.6. The second-order valence-corrected chi connectivity index (χ2v) is 5.70. The van der Waals surface area contributed by atoms with Crippen molar-refractivity contribution in [3.05, 3.63) is 53.0 Å². The third-order valence-corrected chi connectivity index (χ3v) is 3.86. The highest BCUT2D eigenvalue weighted by Gasteiger charge is 2.31. The number of carbonyl (C=O) groups excluding carboxylic acids is 1. The van der Waals surface area contributed by atoms with Crippen LogP contribution >= 0.6 is 0 Å². The average Bonchev–Trinajstić information content (AvgIpc) is 3.00. The summed E-state index contributed by atoms with van der Waals surface area (Å²) in [6.07, 6.45) is 4.94. The summed E-state index contributed by atoms with van der Waals surface area (Å²) in [5, 5.41) is 6.99. The number of carbonyl (C=O) groups is 1. The van der Waals surface area contributed by atoms with Crippen molar-refractivity contribution in [2.75, 3.05) is 0 Å². The molecule has 4 rings (SSSR count). The molecule has 0 radical (unpaired) electrons. The van der Waals surface area contributed by atoms with E-state index in [-0.39, 0.29) is 30.7 Å². The number of hydrogen-bond acceptors (Lipinski definition) is 5. The number of furan rings is 2. The molecule has 0 aromatic carbocycles. The molecular weight excluding hydrogens is 312 g/mol. The van der Waals surface area contributed by atoms with Gasteiger partial charge in [-0.25, -0.2) is 9.48 Å². The fourth-order valence-corrected chi connectivity index (χ4v) is 2.55. The van der Waals surface area contributed by atoms with Gasteiger partial charge in [0, 0.05) is 6.04 Å². The third-order valence-electron chi connectivity index (χ3n) is 3.86. The van der Waals surface area contributed by atoms with Gasteiger partial charge in [-0.15, -0.1) is 5.10 Å². The summed E-state index contributed by atoms with van der Waals surface area (Å²) in [5.41, 5.74) is -0.294. The van der Waals surface area contributed by atoms with Gasteiger partial charge in [-0.1, -0.05) is 0 Å². The molecule has 3 heterocycles. The lowest BCUT2D eigenvalue weighted by Crippen LogP contribution is -2.33. The second-order valence-electron chi connectivity index (χ2n) is 5.70. The van der Waals surface area contributed by atoms with Crippen LogP contribution in [0.1, 0.15) is 24.6 Å². The number of rotatable bonds is 6. The highest BCUT2D eigenvalue weighted by Crippen LogP contribution is 2.36. The SMILES string of the molecule is O=C(Cn1nc(-c2ccco2)n(C2CC2)c1=O)NCc1ccco1. The molecule has 1 aliphatic carbocycles. The Kier molecular flexibility index (Phi) is 3.56. The molecule has 3 aromatic heterocycles. The fourth-order valence-electron chi connectivity index (χ4n) is 2.55. The molecule has 0 aliphatic heterocycles. The highest BCUT2D eigenvalue weighted by molar-refractivity contribution is 5.75. The molecule has 124 valence electrons. The molecule has 1 amide bonds. The Labute approximate surface area is 136 Å². The minimum atomic E-state index is -0.306. The normalized spacial score (nSPS) is 14.0. The van der Waals surface area contributed by atoms with Gasteiger partial charge in [0.2, 0.25) is 11.7 Å². The van der Waals surface area contributed by atoms with Crippen molar-refractivity contribution < 1.29 is 13.6 Å². The molecule has 24 heavy (non-hydrogen) atoms. The molecule has 0 unspecified atom stereocenters. The molecule has 8 heteroatoms. The number of nitrogens with one attached hydrogen (secondary N) is 1. The number of hydrogen-bond donors (Lipinski definition) is 1. The zero-order valence-electron chi connectivity index (χ0n) is 12.8. The van der Waals surface area contributed by atoms with E-state index in [0.717, 1.165) is 12.8 Å². The van der Waals surface area contributed by atoms with E-state index in [1.165, 1.54) is 10.9 Å². The maximum absolute atomic E-state index is 12.6. The Hall–Kier alpha value is -3.03. The van der Waals surface area contributed by atoms with Crippen LogP contribution < -0.4 is 11.0 Å². The lowest BCUT2D eigenvalue weighted by Gasteiger charge is -2.02. The molecule has 3 aromatic rings. The van der Waals surface area contributed by atoms with E-state index < -0.39 is 0 Å². The number of nitrogens with zero attached hydrogens (tertiary/aromatic N) is 3. The zero-order chi connectivity index (χ0) is 16.5. The van der Waals surface area contributed by atoms with Gasteiger partial charge in [-0.2, -0.15) is 0 Å². The van der Waals surface area contributed by atoms with Crippen molar-refractivity contribution in [2.24, 2.45) is 0 Å². The Morgan fingerprint density at radius 2 is 2.04 bits per heavy atom. The molecule has 1 fully saturated rings. The summed E-state index contributed by atoms with van der Waals surface area (Å²) in [6.45, 7) is 0.127. The molecule has 1 aliphatic rings. The first kappa shape index (κ1) is 14.6. The predicted octanol–water partition coefficient (Wildman–Crippen LogP) is 1.55. The molecule has 1 saturated carbocycles. The van der Waals surface area contributed by atoms with Crippen LogP contribution in [0.25, 0.3) is 11.6 Å². The molecule has 1 N–H and O–H groups in total. The van der Waals surface area contributed by atoms with Crippen molar-refractivity contribution in [1.29, 1.82) is 0 Å². The van der Waals surface area contributed by atoms with Crippen molar-refractivity contribution in [2.45, 2.75) is 32.0 Å². The Morgan fingerprint density at radius 1 is 1.25 bits per heavy atom. The van der Waals surface area contributed by atoms with E-state index in [0.29, 0.717) is 17.3 Å². The molecular formula is C16H16N4O4. The second kappa shape index (κ2) is 5.88. The molecule has 0 atom stereocenters. The van der Waals surface area contributed by atoms with E-state index in [4.69, 9.17) is 8.83 Å². The van der Waals surface area contributed by atoms with Crippen LogP contribution in [-0.4, -0.2) is 20.3 Å². The van der Waals surface area contributed by atoms with Gasteiger partial charge >= 0.3 is 5.69 Å². The van der Waals surface area contributed by atoms with E-state index in [2.05, 4.69) is 10.4 Å². The van der Waals surface area contributed by atoms with E-state index in [1.54, 1.807) is 35.1 Å². The molecule has 0 bridgehead atoms. The van der Waals surface area contributed by atoms with Crippen molar-refractivity contribution >= 4 is 5.91 Å². The smallest absolute Gasteiger partial charge is 0.347 e. The molecule has 0 spiro atoms. The average molecular weight is 328 g/mol. The lowest BCUT2D eigenvalue weighted by atomic mass is 10.4. The first-order chi connectivity index (χ1) is 11.7. The van der Waals surface area contributed by atoms with Crippen LogP contribution in [0.15, 0.2) is 50.4 Å². The van der Waals surface area contributed by atoms with Gasteiger partial charge in [-0.05, 0) is 37.1 Å². The standard InChI is InChI=1S/C16H16N4O4/c21-14(17-9-12-3-1-7-23-12)10-19-16(22)20(11-5-6-11)15(18-19)13-4-2-8-24-13/h1-4,7-8,11H,5-6,9-10H2,(H,17,21). The van der Waals surface area contributed by atoms with Crippen molar-refractivity contribution in [3.63, 3.8) is 0 Å². The van der Waals surface area contributed by atoms with Gasteiger partial charge in [0.15, 0.2) is 5.76 Å². The van der Waals surface area contributed by atoms with Crippen LogP contribution in [0, 0.1) is 0 Å². The number of aromatic nitrogens is 3. The monoisotopic (exact) mass is 328 g/mol. The number of amides is 1. The van der Waals surface area contributed by atoms with Crippen molar-refractivity contribution in [1.82, 2.24) is 19.7 Å². The summed E-state index contributed by atoms with van der Waals surface area (Å²) in [6, 6.07) is 7.15. The third kappa shape index (κ3) is 2.78. The van der Waals surface area contributed by atoms with Crippen molar-refractivity contribution in [3.8, 4) is 11.6 Å². The van der Waals surface area contributed by atoms with E-state index in [9.17, 15) is 9.59 Å². The summed E-state index contributed by atoms with van der Waals surface area (Å²) < 4.78 is 13.3. The van der Waals surface area contributed by atoms with Gasteiger partial charge in [0.25, 0.3) is 0 Å². The Morgan fingerprint density at radius 3 is 2.71 bits per heavy atom. The van der Waals surface area contributed by atoms with Crippen LogP contribution in [0.4, 0.5) is 0 Å². The summed E-state index contributed by atoms with van der Waals surface area (Å²) in [7, 11) is 0. The Bertz CT molecular complexity index is 885. The van der Waals surface area contributed by atoms with Gasteiger partial charge in [-0.3, -0.25) is 9.36 Å². The minimum Gasteiger partial charge on any atom is -0.467 e. The van der Waals surface area contributed by atoms with Crippen LogP contribution in [0.2, 0.25) is 0 Å². The summed E-state index contributed by atoms with van der Waals surface area (Å²) in [4.78, 5) is 24.6. The quantitative estimate of drug-likeness (QED) is 0.741. The maximum Gasteiger partial charge on any atom is 0.347 e. The van der Waals surface area contributed by atoms with Crippen LogP contribution in [0.3, 0.4) is 0 Å². The van der Waals surface area contributed by atoms with Crippen LogP contribution in [-0.2, 0) is 17.9 Å².